The van der Waals surface area contributed by atoms with E-state index in [2.05, 4.69) is 34.8 Å². The van der Waals surface area contributed by atoms with E-state index in [0.717, 1.165) is 11.2 Å². The molecule has 0 aliphatic carbocycles. The molecule has 4 heteroatoms. The minimum Gasteiger partial charge on any atom is -0.394 e. The third-order valence-electron chi connectivity index (χ3n) is 3.14. The molecule has 3 aromatic rings. The summed E-state index contributed by atoms with van der Waals surface area (Å²) in [6, 6.07) is 8.31. The number of nitrogen functional groups attached to an aromatic ring is 1. The number of rotatable bonds is 1. The first-order valence-electron chi connectivity index (χ1n) is 5.44. The van der Waals surface area contributed by atoms with Gasteiger partial charge in [0.1, 0.15) is 5.69 Å². The topological polar surface area (TPSA) is 57.0 Å². The SMILES string of the molecule is Cc1cccc2c1cc(-c1oncc1N)n2C. The monoisotopic (exact) mass is 227 g/mol. The van der Waals surface area contributed by atoms with Crippen LogP contribution in [0.1, 0.15) is 5.56 Å². The van der Waals surface area contributed by atoms with Crippen molar-refractivity contribution in [1.29, 1.82) is 0 Å². The highest BCUT2D eigenvalue weighted by molar-refractivity contribution is 5.90. The van der Waals surface area contributed by atoms with Crippen LogP contribution in [0.25, 0.3) is 22.4 Å². The molecule has 1 aromatic carbocycles. The quantitative estimate of drug-likeness (QED) is 0.695. The first-order chi connectivity index (χ1) is 8.18. The van der Waals surface area contributed by atoms with Gasteiger partial charge in [0.2, 0.25) is 5.76 Å². The van der Waals surface area contributed by atoms with Gasteiger partial charge in [-0.3, -0.25) is 0 Å². The lowest BCUT2D eigenvalue weighted by atomic mass is 10.1. The zero-order chi connectivity index (χ0) is 12.0. The van der Waals surface area contributed by atoms with Crippen LogP contribution in [0, 0.1) is 6.92 Å². The van der Waals surface area contributed by atoms with Gasteiger partial charge in [-0.1, -0.05) is 17.3 Å². The minimum absolute atomic E-state index is 0.563. The summed E-state index contributed by atoms with van der Waals surface area (Å²) in [5, 5.41) is 4.93. The van der Waals surface area contributed by atoms with Gasteiger partial charge >= 0.3 is 0 Å². The number of hydrogen-bond donors (Lipinski definition) is 1. The maximum Gasteiger partial charge on any atom is 0.206 e. The Morgan fingerprint density at radius 2 is 2.18 bits per heavy atom. The van der Waals surface area contributed by atoms with Crippen LogP contribution in [0.5, 0.6) is 0 Å². The van der Waals surface area contributed by atoms with Crippen LogP contribution in [-0.4, -0.2) is 9.72 Å². The Kier molecular flexibility index (Phi) is 1.98. The van der Waals surface area contributed by atoms with Crippen molar-refractivity contribution in [3.05, 3.63) is 36.0 Å². The largest absolute Gasteiger partial charge is 0.394 e. The number of nitrogens with zero attached hydrogens (tertiary/aromatic N) is 2. The standard InChI is InChI=1S/C13H13N3O/c1-8-4-3-5-11-9(8)6-12(16(11)2)13-10(14)7-15-17-13/h3-7H,14H2,1-2H3. The molecule has 0 spiro atoms. The highest BCUT2D eigenvalue weighted by Gasteiger charge is 2.14. The summed E-state index contributed by atoms with van der Waals surface area (Å²) in [7, 11) is 2.00. The second-order valence-electron chi connectivity index (χ2n) is 4.21. The fourth-order valence-electron chi connectivity index (χ4n) is 2.17. The fraction of sp³-hybridized carbons (Fsp3) is 0.154. The molecule has 17 heavy (non-hydrogen) atoms. The number of fused-ring (bicyclic) bond motifs is 1. The lowest BCUT2D eigenvalue weighted by molar-refractivity contribution is 0.430. The van der Waals surface area contributed by atoms with Crippen molar-refractivity contribution in [2.24, 2.45) is 7.05 Å². The van der Waals surface area contributed by atoms with Crippen LogP contribution in [-0.2, 0) is 7.05 Å². The van der Waals surface area contributed by atoms with Gasteiger partial charge in [0.15, 0.2) is 0 Å². The van der Waals surface area contributed by atoms with E-state index >= 15 is 0 Å². The van der Waals surface area contributed by atoms with Gasteiger partial charge in [-0.05, 0) is 24.6 Å². The van der Waals surface area contributed by atoms with E-state index in [-0.39, 0.29) is 0 Å². The number of hydrogen-bond acceptors (Lipinski definition) is 3. The zero-order valence-electron chi connectivity index (χ0n) is 9.77. The van der Waals surface area contributed by atoms with Gasteiger partial charge in [-0.15, -0.1) is 0 Å². The predicted molar refractivity (Wildman–Crippen MR) is 67.6 cm³/mol. The van der Waals surface area contributed by atoms with Gasteiger partial charge in [0.05, 0.1) is 11.9 Å². The maximum atomic E-state index is 5.83. The van der Waals surface area contributed by atoms with E-state index < -0.39 is 0 Å². The van der Waals surface area contributed by atoms with Crippen molar-refractivity contribution in [2.75, 3.05) is 5.73 Å². The van der Waals surface area contributed by atoms with Crippen molar-refractivity contribution in [1.82, 2.24) is 9.72 Å². The van der Waals surface area contributed by atoms with Crippen LogP contribution in [0.15, 0.2) is 35.0 Å². The van der Waals surface area contributed by atoms with E-state index in [1.165, 1.54) is 17.1 Å². The molecule has 4 nitrogen and oxygen atoms in total. The van der Waals surface area contributed by atoms with Gasteiger partial charge in [0.25, 0.3) is 0 Å². The average Bonchev–Trinajstić information content (AvgIpc) is 2.85. The summed E-state index contributed by atoms with van der Waals surface area (Å²) in [4.78, 5) is 0. The van der Waals surface area contributed by atoms with Crippen molar-refractivity contribution in [2.45, 2.75) is 6.92 Å². The molecular formula is C13H13N3O. The first kappa shape index (κ1) is 9.96. The Bertz CT molecular complexity index is 694. The highest BCUT2D eigenvalue weighted by Crippen LogP contribution is 2.31. The Labute approximate surface area is 98.6 Å². The number of nitrogens with two attached hydrogens (primary N) is 1. The molecule has 0 unspecified atom stereocenters. The van der Waals surface area contributed by atoms with E-state index in [4.69, 9.17) is 10.3 Å². The van der Waals surface area contributed by atoms with Gasteiger partial charge in [0, 0.05) is 18.0 Å². The second kappa shape index (κ2) is 3.38. The van der Waals surface area contributed by atoms with Crippen LogP contribution >= 0.6 is 0 Å². The molecule has 86 valence electrons. The maximum absolute atomic E-state index is 5.83. The first-order valence-corrected chi connectivity index (χ1v) is 5.44. The van der Waals surface area contributed by atoms with E-state index in [1.54, 1.807) is 0 Å². The summed E-state index contributed by atoms with van der Waals surface area (Å²) in [5.41, 5.74) is 9.74. The van der Waals surface area contributed by atoms with Crippen LogP contribution in [0.2, 0.25) is 0 Å². The lowest BCUT2D eigenvalue weighted by Gasteiger charge is -2.01. The van der Waals surface area contributed by atoms with Crippen molar-refractivity contribution in [3.63, 3.8) is 0 Å². The third-order valence-corrected chi connectivity index (χ3v) is 3.14. The van der Waals surface area contributed by atoms with E-state index in [0.29, 0.717) is 11.4 Å². The van der Waals surface area contributed by atoms with Crippen molar-refractivity contribution < 1.29 is 4.52 Å². The summed E-state index contributed by atoms with van der Waals surface area (Å²) in [6.45, 7) is 2.09. The molecule has 2 N–H and O–H groups in total. The second-order valence-corrected chi connectivity index (χ2v) is 4.21. The molecule has 0 radical (unpaired) electrons. The molecule has 0 amide bonds. The molecule has 0 bridgehead atoms. The molecule has 3 rings (SSSR count). The van der Waals surface area contributed by atoms with Gasteiger partial charge < -0.3 is 14.8 Å². The number of aromatic nitrogens is 2. The predicted octanol–water partition coefficient (Wildman–Crippen LogP) is 2.72. The molecule has 0 fully saturated rings. The Hall–Kier alpha value is -2.23. The average molecular weight is 227 g/mol. The zero-order valence-corrected chi connectivity index (χ0v) is 9.77. The highest BCUT2D eigenvalue weighted by atomic mass is 16.5. The molecule has 2 heterocycles. The van der Waals surface area contributed by atoms with Gasteiger partial charge in [-0.25, -0.2) is 0 Å². The van der Waals surface area contributed by atoms with E-state index in [1.807, 2.05) is 13.1 Å². The molecular weight excluding hydrogens is 214 g/mol. The summed E-state index contributed by atoms with van der Waals surface area (Å²) < 4.78 is 7.27. The molecule has 0 atom stereocenters. The number of anilines is 1. The Balaban J connectivity index is 2.36. The summed E-state index contributed by atoms with van der Waals surface area (Å²) in [6.07, 6.45) is 1.53. The lowest BCUT2D eigenvalue weighted by Crippen LogP contribution is -1.92. The van der Waals surface area contributed by atoms with Crippen molar-refractivity contribution in [3.8, 4) is 11.5 Å². The Morgan fingerprint density at radius 3 is 2.82 bits per heavy atom. The number of aryl methyl sites for hydroxylation is 2. The molecule has 0 saturated heterocycles. The number of benzene rings is 1. The van der Waals surface area contributed by atoms with Crippen LogP contribution in [0.4, 0.5) is 5.69 Å². The molecule has 2 aromatic heterocycles. The van der Waals surface area contributed by atoms with Crippen LogP contribution in [0.3, 0.4) is 0 Å². The summed E-state index contributed by atoms with van der Waals surface area (Å²) in [5.74, 6) is 0.628. The summed E-state index contributed by atoms with van der Waals surface area (Å²) >= 11 is 0. The molecule has 0 saturated carbocycles. The van der Waals surface area contributed by atoms with Crippen LogP contribution < -0.4 is 5.73 Å². The Morgan fingerprint density at radius 1 is 1.35 bits per heavy atom. The molecule has 0 aliphatic heterocycles. The normalized spacial score (nSPS) is 11.2. The minimum atomic E-state index is 0.563. The molecule has 0 aliphatic rings. The fourth-order valence-corrected chi connectivity index (χ4v) is 2.17. The van der Waals surface area contributed by atoms with E-state index in [9.17, 15) is 0 Å². The smallest absolute Gasteiger partial charge is 0.206 e. The third kappa shape index (κ3) is 1.34. The van der Waals surface area contributed by atoms with Crippen molar-refractivity contribution >= 4 is 16.6 Å². The van der Waals surface area contributed by atoms with Gasteiger partial charge in [-0.2, -0.15) is 0 Å².